The lowest BCUT2D eigenvalue weighted by Crippen LogP contribution is -2.09. The van der Waals surface area contributed by atoms with Crippen molar-refractivity contribution in [1.29, 1.82) is 0 Å². The van der Waals surface area contributed by atoms with Gasteiger partial charge >= 0.3 is 5.97 Å². The van der Waals surface area contributed by atoms with Crippen molar-refractivity contribution in [3.8, 4) is 0 Å². The highest BCUT2D eigenvalue weighted by Crippen LogP contribution is 2.10. The van der Waals surface area contributed by atoms with Crippen molar-refractivity contribution >= 4 is 12.0 Å². The van der Waals surface area contributed by atoms with Gasteiger partial charge in [-0.2, -0.15) is 0 Å². The third-order valence-electron chi connectivity index (χ3n) is 1.84. The lowest BCUT2D eigenvalue weighted by Gasteiger charge is -2.00. The lowest BCUT2D eigenvalue weighted by atomic mass is 10.2. The zero-order valence-electron chi connectivity index (χ0n) is 9.05. The van der Waals surface area contributed by atoms with Crippen LogP contribution in [0, 0.1) is 15.9 Å². The molecule has 0 spiro atoms. The Hall–Kier alpha value is -2.24. The average molecular weight is 239 g/mol. The zero-order valence-corrected chi connectivity index (χ0v) is 9.05. The van der Waals surface area contributed by atoms with E-state index in [0.717, 1.165) is 19.1 Å². The Labute approximate surface area is 96.7 Å². The molecule has 0 radical (unpaired) electrons. The van der Waals surface area contributed by atoms with Crippen LogP contribution in [0.3, 0.4) is 0 Å². The molecule has 0 aliphatic heterocycles. The highest BCUT2D eigenvalue weighted by Gasteiger charge is 2.12. The van der Waals surface area contributed by atoms with E-state index in [9.17, 15) is 19.3 Å². The van der Waals surface area contributed by atoms with Crippen LogP contribution in [-0.2, 0) is 9.53 Å². The van der Waals surface area contributed by atoms with E-state index in [0.29, 0.717) is 5.56 Å². The van der Waals surface area contributed by atoms with E-state index in [1.807, 2.05) is 0 Å². The van der Waals surface area contributed by atoms with Crippen molar-refractivity contribution < 1.29 is 18.8 Å². The Kier molecular flexibility index (Phi) is 4.33. The summed E-state index contributed by atoms with van der Waals surface area (Å²) in [6.07, 6.45) is 1.16. The number of ether oxygens (including phenoxy) is 1. The first kappa shape index (κ1) is 12.8. The summed E-state index contributed by atoms with van der Waals surface area (Å²) in [5, 5.41) is 10.7. The van der Waals surface area contributed by atoms with Gasteiger partial charge in [-0.05, 0) is 17.7 Å². The topological polar surface area (TPSA) is 69.4 Å². The van der Waals surface area contributed by atoms with Crippen LogP contribution in [0.15, 0.2) is 30.0 Å². The molecule has 1 rings (SSSR count). The molecule has 17 heavy (non-hydrogen) atoms. The van der Waals surface area contributed by atoms with Crippen LogP contribution >= 0.6 is 0 Å². The molecular weight excluding hydrogens is 229 g/mol. The molecule has 0 aliphatic rings. The van der Waals surface area contributed by atoms with Crippen LogP contribution in [0.5, 0.6) is 0 Å². The van der Waals surface area contributed by atoms with Gasteiger partial charge in [0.15, 0.2) is 6.61 Å². The molecule has 0 saturated carbocycles. The van der Waals surface area contributed by atoms with Crippen LogP contribution in [0.25, 0.3) is 6.08 Å². The molecule has 5 nitrogen and oxygen atoms in total. The van der Waals surface area contributed by atoms with Crippen molar-refractivity contribution in [2.24, 2.45) is 0 Å². The first-order valence-electron chi connectivity index (χ1n) is 4.73. The number of rotatable bonds is 4. The summed E-state index contributed by atoms with van der Waals surface area (Å²) in [5.74, 6) is -1.11. The monoisotopic (exact) mass is 239 g/mol. The molecule has 0 unspecified atom stereocenters. The molecule has 90 valence electrons. The Balaban J connectivity index is 2.90. The molecule has 0 heterocycles. The zero-order chi connectivity index (χ0) is 12.8. The summed E-state index contributed by atoms with van der Waals surface area (Å²) < 4.78 is 17.4. The SMILES string of the molecule is CC(=O)OCC(=Cc1cccc(F)c1)[N+](=O)[O-]. The van der Waals surface area contributed by atoms with E-state index < -0.39 is 23.3 Å². The van der Waals surface area contributed by atoms with E-state index in [2.05, 4.69) is 4.74 Å². The number of hydrogen-bond acceptors (Lipinski definition) is 4. The molecular formula is C11H10FNO4. The number of nitrogens with zero attached hydrogens (tertiary/aromatic N) is 1. The Morgan fingerprint density at radius 2 is 2.29 bits per heavy atom. The number of benzene rings is 1. The van der Waals surface area contributed by atoms with Gasteiger partial charge in [0.2, 0.25) is 0 Å². The van der Waals surface area contributed by atoms with Crippen LogP contribution in [0.1, 0.15) is 12.5 Å². The van der Waals surface area contributed by atoms with Gasteiger partial charge in [-0.3, -0.25) is 14.9 Å². The predicted molar refractivity (Wildman–Crippen MR) is 58.0 cm³/mol. The standard InChI is InChI=1S/C11H10FNO4/c1-8(14)17-7-11(13(15)16)6-9-3-2-4-10(12)5-9/h2-6H,7H2,1H3. The predicted octanol–water partition coefficient (Wildman–Crippen LogP) is 2.01. The van der Waals surface area contributed by atoms with Gasteiger partial charge in [-0.15, -0.1) is 0 Å². The molecule has 1 aromatic carbocycles. The van der Waals surface area contributed by atoms with Crippen LogP contribution in [0.2, 0.25) is 0 Å². The maximum atomic E-state index is 12.8. The van der Waals surface area contributed by atoms with E-state index >= 15 is 0 Å². The average Bonchev–Trinajstić information content (AvgIpc) is 2.23. The van der Waals surface area contributed by atoms with E-state index in [-0.39, 0.29) is 5.70 Å². The second-order valence-corrected chi connectivity index (χ2v) is 3.23. The smallest absolute Gasteiger partial charge is 0.303 e. The Morgan fingerprint density at radius 1 is 1.59 bits per heavy atom. The third kappa shape index (κ3) is 4.42. The van der Waals surface area contributed by atoms with E-state index in [4.69, 9.17) is 0 Å². The van der Waals surface area contributed by atoms with Crippen molar-refractivity contribution in [2.45, 2.75) is 6.92 Å². The molecule has 1 aromatic rings. The van der Waals surface area contributed by atoms with E-state index in [1.165, 1.54) is 18.2 Å². The minimum absolute atomic E-state index is 0.314. The summed E-state index contributed by atoms with van der Waals surface area (Å²) in [6, 6.07) is 5.33. The fourth-order valence-electron chi connectivity index (χ4n) is 1.11. The maximum absolute atomic E-state index is 12.8. The molecule has 0 fully saturated rings. The minimum Gasteiger partial charge on any atom is -0.454 e. The van der Waals surface area contributed by atoms with Crippen LogP contribution in [0.4, 0.5) is 4.39 Å². The molecule has 0 aromatic heterocycles. The summed E-state index contributed by atoms with van der Waals surface area (Å²) in [7, 11) is 0. The van der Waals surface area contributed by atoms with Crippen molar-refractivity contribution in [1.82, 2.24) is 0 Å². The van der Waals surface area contributed by atoms with E-state index in [1.54, 1.807) is 0 Å². The molecule has 0 bridgehead atoms. The van der Waals surface area contributed by atoms with Crippen molar-refractivity contribution in [3.05, 3.63) is 51.5 Å². The number of nitro groups is 1. The quantitative estimate of drug-likeness (QED) is 0.457. The molecule has 0 saturated heterocycles. The van der Waals surface area contributed by atoms with Gasteiger partial charge in [0.1, 0.15) is 5.82 Å². The number of carbonyl (C=O) groups is 1. The van der Waals surface area contributed by atoms with Crippen LogP contribution < -0.4 is 0 Å². The first-order chi connectivity index (χ1) is 7.99. The number of halogens is 1. The minimum atomic E-state index is -0.673. The number of hydrogen-bond donors (Lipinski definition) is 0. The Morgan fingerprint density at radius 3 is 2.82 bits per heavy atom. The maximum Gasteiger partial charge on any atom is 0.303 e. The second kappa shape index (κ2) is 5.74. The number of carbonyl (C=O) groups excluding carboxylic acids is 1. The molecule has 6 heteroatoms. The van der Waals surface area contributed by atoms with Gasteiger partial charge in [-0.25, -0.2) is 4.39 Å². The second-order valence-electron chi connectivity index (χ2n) is 3.23. The van der Waals surface area contributed by atoms with Gasteiger partial charge < -0.3 is 4.74 Å². The molecule has 0 amide bonds. The lowest BCUT2D eigenvalue weighted by molar-refractivity contribution is -0.428. The van der Waals surface area contributed by atoms with Gasteiger partial charge in [0.25, 0.3) is 5.70 Å². The summed E-state index contributed by atoms with van der Waals surface area (Å²) in [6.45, 7) is 0.707. The normalized spacial score (nSPS) is 11.1. The Bertz CT molecular complexity index is 470. The van der Waals surface area contributed by atoms with Crippen molar-refractivity contribution in [2.75, 3.05) is 6.61 Å². The highest BCUT2D eigenvalue weighted by molar-refractivity contribution is 5.66. The number of esters is 1. The summed E-state index contributed by atoms with van der Waals surface area (Å²) in [5.41, 5.74) is 0.0228. The molecule has 0 atom stereocenters. The molecule has 0 aliphatic carbocycles. The van der Waals surface area contributed by atoms with Crippen molar-refractivity contribution in [3.63, 3.8) is 0 Å². The summed E-state index contributed by atoms with van der Waals surface area (Å²) >= 11 is 0. The largest absolute Gasteiger partial charge is 0.454 e. The summed E-state index contributed by atoms with van der Waals surface area (Å²) in [4.78, 5) is 20.5. The van der Waals surface area contributed by atoms with Gasteiger partial charge in [0, 0.05) is 13.0 Å². The van der Waals surface area contributed by atoms with Crippen LogP contribution in [-0.4, -0.2) is 17.5 Å². The first-order valence-corrected chi connectivity index (χ1v) is 4.73. The molecule has 0 N–H and O–H groups in total. The highest BCUT2D eigenvalue weighted by atomic mass is 19.1. The van der Waals surface area contributed by atoms with Gasteiger partial charge in [0.05, 0.1) is 4.92 Å². The fraction of sp³-hybridized carbons (Fsp3) is 0.182. The third-order valence-corrected chi connectivity index (χ3v) is 1.84. The van der Waals surface area contributed by atoms with Gasteiger partial charge in [-0.1, -0.05) is 12.1 Å². The fourth-order valence-corrected chi connectivity index (χ4v) is 1.11.